The number of methoxy groups -OCH3 is 2. The largest absolute Gasteiger partial charge is 0.496 e. The number of ether oxygens (including phenoxy) is 2. The first kappa shape index (κ1) is 12.5. The molecule has 0 aliphatic carbocycles. The molecule has 0 saturated heterocycles. The number of hydrogen-bond acceptors (Lipinski definition) is 4. The molecule has 0 spiro atoms. The zero-order valence-corrected chi connectivity index (χ0v) is 9.62. The first-order chi connectivity index (χ1) is 7.81. The second kappa shape index (κ2) is 6.83. The molecule has 0 aliphatic rings. The predicted octanol–water partition coefficient (Wildman–Crippen LogP) is 1.30. The van der Waals surface area contributed by atoms with E-state index in [9.17, 15) is 0 Å². The van der Waals surface area contributed by atoms with Crippen molar-refractivity contribution in [2.75, 3.05) is 27.4 Å². The van der Waals surface area contributed by atoms with Crippen molar-refractivity contribution in [3.63, 3.8) is 0 Å². The molecule has 1 N–H and O–H groups in total. The number of rotatable bonds is 6. The van der Waals surface area contributed by atoms with Gasteiger partial charge in [-0.25, -0.2) is 0 Å². The van der Waals surface area contributed by atoms with E-state index in [-0.39, 0.29) is 0 Å². The SMILES string of the molecule is COCCNCc1cc(C#N)ccc1OC. The van der Waals surface area contributed by atoms with Gasteiger partial charge in [-0.1, -0.05) is 0 Å². The van der Waals surface area contributed by atoms with Gasteiger partial charge in [0.05, 0.1) is 25.3 Å². The molecule has 1 aromatic rings. The highest BCUT2D eigenvalue weighted by atomic mass is 16.5. The highest BCUT2D eigenvalue weighted by Gasteiger charge is 2.03. The van der Waals surface area contributed by atoms with Crippen molar-refractivity contribution < 1.29 is 9.47 Å². The fraction of sp³-hybridized carbons (Fsp3) is 0.417. The highest BCUT2D eigenvalue weighted by molar-refractivity contribution is 5.41. The predicted molar refractivity (Wildman–Crippen MR) is 61.3 cm³/mol. The molecule has 0 bridgehead atoms. The molecule has 16 heavy (non-hydrogen) atoms. The molecule has 0 heterocycles. The van der Waals surface area contributed by atoms with Crippen LogP contribution in [0.4, 0.5) is 0 Å². The number of nitrogens with one attached hydrogen (secondary N) is 1. The third-order valence-electron chi connectivity index (χ3n) is 2.21. The minimum absolute atomic E-state index is 0.643. The van der Waals surface area contributed by atoms with E-state index in [1.165, 1.54) is 0 Å². The first-order valence-electron chi connectivity index (χ1n) is 5.08. The lowest BCUT2D eigenvalue weighted by molar-refractivity contribution is 0.199. The van der Waals surface area contributed by atoms with E-state index >= 15 is 0 Å². The van der Waals surface area contributed by atoms with Gasteiger partial charge >= 0.3 is 0 Å². The van der Waals surface area contributed by atoms with Crippen LogP contribution in [0.25, 0.3) is 0 Å². The summed E-state index contributed by atoms with van der Waals surface area (Å²) in [6.07, 6.45) is 0. The molecule has 1 aromatic carbocycles. The van der Waals surface area contributed by atoms with Crippen molar-refractivity contribution in [1.82, 2.24) is 5.32 Å². The number of nitriles is 1. The maximum atomic E-state index is 8.80. The molecule has 0 aliphatic heterocycles. The molecular formula is C12H16N2O2. The third kappa shape index (κ3) is 3.54. The standard InChI is InChI=1S/C12H16N2O2/c1-15-6-5-14-9-11-7-10(8-13)3-4-12(11)16-2/h3-4,7,14H,5-6,9H2,1-2H3. The van der Waals surface area contributed by atoms with Gasteiger partial charge in [-0.05, 0) is 18.2 Å². The van der Waals surface area contributed by atoms with Gasteiger partial charge in [0.2, 0.25) is 0 Å². The molecule has 4 heteroatoms. The highest BCUT2D eigenvalue weighted by Crippen LogP contribution is 2.19. The molecule has 0 unspecified atom stereocenters. The lowest BCUT2D eigenvalue weighted by atomic mass is 10.1. The van der Waals surface area contributed by atoms with Crippen LogP contribution >= 0.6 is 0 Å². The third-order valence-corrected chi connectivity index (χ3v) is 2.21. The quantitative estimate of drug-likeness (QED) is 0.734. The summed E-state index contributed by atoms with van der Waals surface area (Å²) in [6.45, 7) is 2.11. The molecule has 86 valence electrons. The van der Waals surface area contributed by atoms with Gasteiger partial charge in [0.25, 0.3) is 0 Å². The molecule has 0 saturated carbocycles. The number of nitrogens with zero attached hydrogens (tertiary/aromatic N) is 1. The number of benzene rings is 1. The van der Waals surface area contributed by atoms with Crippen LogP contribution in [0.15, 0.2) is 18.2 Å². The van der Waals surface area contributed by atoms with Crippen LogP contribution in [-0.2, 0) is 11.3 Å². The summed E-state index contributed by atoms with van der Waals surface area (Å²) in [4.78, 5) is 0. The second-order valence-corrected chi connectivity index (χ2v) is 3.31. The van der Waals surface area contributed by atoms with E-state index in [1.807, 2.05) is 12.1 Å². The van der Waals surface area contributed by atoms with E-state index in [0.717, 1.165) is 17.9 Å². The average Bonchev–Trinajstić information content (AvgIpc) is 2.34. The monoisotopic (exact) mass is 220 g/mol. The van der Waals surface area contributed by atoms with Crippen molar-refractivity contribution >= 4 is 0 Å². The smallest absolute Gasteiger partial charge is 0.123 e. The Morgan fingerprint density at radius 2 is 2.19 bits per heavy atom. The summed E-state index contributed by atoms with van der Waals surface area (Å²) in [5.74, 6) is 0.795. The lowest BCUT2D eigenvalue weighted by Gasteiger charge is -2.09. The zero-order valence-electron chi connectivity index (χ0n) is 9.62. The lowest BCUT2D eigenvalue weighted by Crippen LogP contribution is -2.19. The maximum Gasteiger partial charge on any atom is 0.123 e. The van der Waals surface area contributed by atoms with Crippen molar-refractivity contribution in [2.24, 2.45) is 0 Å². The Labute approximate surface area is 95.8 Å². The Morgan fingerprint density at radius 1 is 1.38 bits per heavy atom. The van der Waals surface area contributed by atoms with E-state index < -0.39 is 0 Å². The van der Waals surface area contributed by atoms with Gasteiger partial charge in [-0.3, -0.25) is 0 Å². The Kier molecular flexibility index (Phi) is 5.34. The molecule has 0 amide bonds. The van der Waals surface area contributed by atoms with Gasteiger partial charge in [0.15, 0.2) is 0 Å². The molecule has 4 nitrogen and oxygen atoms in total. The number of hydrogen-bond donors (Lipinski definition) is 1. The van der Waals surface area contributed by atoms with Gasteiger partial charge in [-0.15, -0.1) is 0 Å². The van der Waals surface area contributed by atoms with Crippen LogP contribution in [0, 0.1) is 11.3 Å². The van der Waals surface area contributed by atoms with Crippen molar-refractivity contribution in [1.29, 1.82) is 5.26 Å². The summed E-state index contributed by atoms with van der Waals surface area (Å²) in [5.41, 5.74) is 1.63. The summed E-state index contributed by atoms with van der Waals surface area (Å²) in [7, 11) is 3.29. The van der Waals surface area contributed by atoms with Crippen LogP contribution in [0.2, 0.25) is 0 Å². The van der Waals surface area contributed by atoms with Crippen LogP contribution in [0.1, 0.15) is 11.1 Å². The zero-order chi connectivity index (χ0) is 11.8. The molecule has 0 aromatic heterocycles. The topological polar surface area (TPSA) is 54.3 Å². The fourth-order valence-electron chi connectivity index (χ4n) is 1.38. The Hall–Kier alpha value is -1.57. The molecular weight excluding hydrogens is 204 g/mol. The Morgan fingerprint density at radius 3 is 2.81 bits per heavy atom. The second-order valence-electron chi connectivity index (χ2n) is 3.31. The minimum Gasteiger partial charge on any atom is -0.496 e. The van der Waals surface area contributed by atoms with Crippen LogP contribution in [-0.4, -0.2) is 27.4 Å². The van der Waals surface area contributed by atoms with Gasteiger partial charge < -0.3 is 14.8 Å². The van der Waals surface area contributed by atoms with Gasteiger partial charge in [-0.2, -0.15) is 5.26 Å². The molecule has 0 radical (unpaired) electrons. The summed E-state index contributed by atoms with van der Waals surface area (Å²) >= 11 is 0. The van der Waals surface area contributed by atoms with Gasteiger partial charge in [0, 0.05) is 25.8 Å². The van der Waals surface area contributed by atoms with Crippen molar-refractivity contribution in [2.45, 2.75) is 6.54 Å². The van der Waals surface area contributed by atoms with E-state index in [1.54, 1.807) is 20.3 Å². The molecule has 0 fully saturated rings. The first-order valence-corrected chi connectivity index (χ1v) is 5.08. The van der Waals surface area contributed by atoms with E-state index in [2.05, 4.69) is 11.4 Å². The maximum absolute atomic E-state index is 8.80. The van der Waals surface area contributed by atoms with Crippen LogP contribution < -0.4 is 10.1 Å². The summed E-state index contributed by atoms with van der Waals surface area (Å²) < 4.78 is 10.2. The Bertz CT molecular complexity index is 372. The van der Waals surface area contributed by atoms with E-state index in [0.29, 0.717) is 18.7 Å². The van der Waals surface area contributed by atoms with Crippen LogP contribution in [0.3, 0.4) is 0 Å². The minimum atomic E-state index is 0.643. The summed E-state index contributed by atoms with van der Waals surface area (Å²) in [6, 6.07) is 7.50. The van der Waals surface area contributed by atoms with Crippen molar-refractivity contribution in [3.8, 4) is 11.8 Å². The van der Waals surface area contributed by atoms with E-state index in [4.69, 9.17) is 14.7 Å². The van der Waals surface area contributed by atoms with Gasteiger partial charge in [0.1, 0.15) is 5.75 Å². The average molecular weight is 220 g/mol. The Balaban J connectivity index is 2.65. The molecule has 1 rings (SSSR count). The summed E-state index contributed by atoms with van der Waals surface area (Å²) in [5, 5.41) is 12.0. The fourth-order valence-corrected chi connectivity index (χ4v) is 1.38. The van der Waals surface area contributed by atoms with Crippen LogP contribution in [0.5, 0.6) is 5.75 Å². The van der Waals surface area contributed by atoms with Crippen molar-refractivity contribution in [3.05, 3.63) is 29.3 Å². The normalized spacial score (nSPS) is 9.81. The molecule has 0 atom stereocenters.